The molecule has 0 saturated carbocycles. The molecule has 3 rings (SSSR count). The Labute approximate surface area is 239 Å². The number of amides is 1. The number of benzene rings is 2. The van der Waals surface area contributed by atoms with Crippen molar-refractivity contribution >= 4 is 29.2 Å². The van der Waals surface area contributed by atoms with Crippen LogP contribution >= 0.6 is 11.6 Å². The average molecular weight is 582 g/mol. The zero-order chi connectivity index (χ0) is 29.2. The number of nitrogens with two attached hydrogens (primary N) is 1. The quantitative estimate of drug-likeness (QED) is 0.211. The number of hydrogen-bond acceptors (Lipinski definition) is 8. The number of halogens is 2. The Morgan fingerprint density at radius 1 is 1.23 bits per heavy atom. The van der Waals surface area contributed by atoms with Gasteiger partial charge >= 0.3 is 11.9 Å². The number of rotatable bonds is 13. The van der Waals surface area contributed by atoms with Crippen molar-refractivity contribution in [3.63, 3.8) is 0 Å². The molecule has 1 fully saturated rings. The van der Waals surface area contributed by atoms with Gasteiger partial charge in [0, 0.05) is 32.8 Å². The number of methoxy groups -OCH3 is 2. The van der Waals surface area contributed by atoms with Crippen molar-refractivity contribution in [3.8, 4) is 11.5 Å². The molecule has 3 N–H and O–H groups in total. The number of hydrogen-bond donors (Lipinski definition) is 2. The van der Waals surface area contributed by atoms with Crippen LogP contribution in [0.2, 0.25) is 5.02 Å². The molecule has 1 unspecified atom stereocenters. The van der Waals surface area contributed by atoms with E-state index in [1.165, 1.54) is 36.4 Å². The summed E-state index contributed by atoms with van der Waals surface area (Å²) in [5, 5.41) is 1.85. The maximum atomic E-state index is 14.0. The van der Waals surface area contributed by atoms with Crippen LogP contribution in [0, 0.1) is 5.82 Å². The fourth-order valence-corrected chi connectivity index (χ4v) is 4.90. The Morgan fingerprint density at radius 3 is 2.60 bits per heavy atom. The molecular formula is C28H39ClFN4O6+. The number of ether oxygens (including phenoxy) is 3. The highest BCUT2D eigenvalue weighted by Gasteiger charge is 2.43. The number of nitrogens with zero attached hydrogens (tertiary/aromatic N) is 2. The van der Waals surface area contributed by atoms with Crippen molar-refractivity contribution < 1.29 is 38.2 Å². The minimum atomic E-state index is -0.436. The van der Waals surface area contributed by atoms with E-state index in [4.69, 9.17) is 36.4 Å². The lowest BCUT2D eigenvalue weighted by Gasteiger charge is -2.42. The van der Waals surface area contributed by atoms with Crippen molar-refractivity contribution in [1.29, 1.82) is 0 Å². The molecule has 0 bridgehead atoms. The topological polar surface area (TPSA) is 108 Å². The molecule has 1 saturated heterocycles. The van der Waals surface area contributed by atoms with E-state index in [-0.39, 0.29) is 45.5 Å². The second-order valence-electron chi connectivity index (χ2n) is 9.58. The lowest BCUT2D eigenvalue weighted by atomic mass is 9.99. The van der Waals surface area contributed by atoms with Gasteiger partial charge < -0.3 is 24.8 Å². The van der Waals surface area contributed by atoms with Crippen molar-refractivity contribution in [2.45, 2.75) is 44.8 Å². The smallest absolute Gasteiger partial charge is 0.370 e. The van der Waals surface area contributed by atoms with Crippen LogP contribution in [0.3, 0.4) is 0 Å². The van der Waals surface area contributed by atoms with Gasteiger partial charge in [-0.2, -0.15) is 0 Å². The van der Waals surface area contributed by atoms with Crippen molar-refractivity contribution in [2.75, 3.05) is 53.2 Å². The molecular weight excluding hydrogens is 543 g/mol. The monoisotopic (exact) mass is 581 g/mol. The first-order chi connectivity index (χ1) is 19.2. The van der Waals surface area contributed by atoms with E-state index < -0.39 is 17.9 Å². The summed E-state index contributed by atoms with van der Waals surface area (Å²) in [4.78, 5) is 34.2. The van der Waals surface area contributed by atoms with E-state index in [1.807, 2.05) is 6.92 Å². The lowest BCUT2D eigenvalue weighted by Crippen LogP contribution is -3.17. The summed E-state index contributed by atoms with van der Waals surface area (Å²) in [7, 11) is 4.64. The maximum absolute atomic E-state index is 14.0. The van der Waals surface area contributed by atoms with Crippen LogP contribution < -0.4 is 20.4 Å². The zero-order valence-electron chi connectivity index (χ0n) is 23.5. The molecule has 40 heavy (non-hydrogen) atoms. The fourth-order valence-electron chi connectivity index (χ4n) is 4.74. The third-order valence-corrected chi connectivity index (χ3v) is 7.09. The molecule has 0 radical (unpaired) electrons. The SMILES string of the molecule is CCCC(=O)O[NH+](C)N(C(=O)c1cc(Cl)c(N)cc1OC)[C@@H]1CCN(CCCOc2ccc(F)cc2)C[C@@H]1OC. The van der Waals surface area contributed by atoms with Crippen LogP contribution in [0.25, 0.3) is 0 Å². The van der Waals surface area contributed by atoms with Gasteiger partial charge in [0.25, 0.3) is 0 Å². The highest BCUT2D eigenvalue weighted by atomic mass is 35.5. The molecule has 1 heterocycles. The summed E-state index contributed by atoms with van der Waals surface area (Å²) in [6.07, 6.45) is 1.79. The van der Waals surface area contributed by atoms with E-state index in [1.54, 1.807) is 26.3 Å². The molecule has 1 aliphatic heterocycles. The van der Waals surface area contributed by atoms with Crippen molar-refractivity contribution in [2.24, 2.45) is 0 Å². The molecule has 1 aliphatic rings. The molecule has 0 aromatic heterocycles. The predicted molar refractivity (Wildman–Crippen MR) is 149 cm³/mol. The predicted octanol–water partition coefficient (Wildman–Crippen LogP) is 2.76. The molecule has 2 aromatic rings. The van der Waals surface area contributed by atoms with Crippen LogP contribution in [0.5, 0.6) is 11.5 Å². The van der Waals surface area contributed by atoms with Gasteiger partial charge in [0.2, 0.25) is 0 Å². The van der Waals surface area contributed by atoms with E-state index in [0.29, 0.717) is 38.3 Å². The third kappa shape index (κ3) is 8.20. The Hall–Kier alpha value is -3.12. The molecule has 1 amide bonds. The molecule has 2 aromatic carbocycles. The summed E-state index contributed by atoms with van der Waals surface area (Å²) < 4.78 is 30.1. The van der Waals surface area contributed by atoms with Crippen LogP contribution in [0.15, 0.2) is 36.4 Å². The number of nitrogens with one attached hydrogen (secondary N) is 1. The summed E-state index contributed by atoms with van der Waals surface area (Å²) >= 11 is 6.26. The molecule has 0 spiro atoms. The number of hydroxylamine groups is 1. The van der Waals surface area contributed by atoms with Gasteiger partial charge in [-0.3, -0.25) is 9.63 Å². The molecule has 12 heteroatoms. The van der Waals surface area contributed by atoms with Gasteiger partial charge in [-0.15, -0.1) is 5.01 Å². The lowest BCUT2D eigenvalue weighted by molar-refractivity contribution is -1.14. The van der Waals surface area contributed by atoms with Gasteiger partial charge in [0.15, 0.2) is 0 Å². The summed E-state index contributed by atoms with van der Waals surface area (Å²) in [5.41, 5.74) is 6.41. The van der Waals surface area contributed by atoms with Gasteiger partial charge in [0.05, 0.1) is 42.5 Å². The number of quaternary nitrogens is 1. The number of anilines is 1. The number of carbonyl (C=O) groups excluding carboxylic acids is 2. The molecule has 0 aliphatic carbocycles. The average Bonchev–Trinajstić information content (AvgIpc) is 2.93. The summed E-state index contributed by atoms with van der Waals surface area (Å²) in [5.74, 6) is -0.289. The molecule has 10 nitrogen and oxygen atoms in total. The third-order valence-electron chi connectivity index (χ3n) is 6.77. The van der Waals surface area contributed by atoms with Crippen LogP contribution in [0.1, 0.15) is 43.0 Å². The fraction of sp³-hybridized carbons (Fsp3) is 0.500. The van der Waals surface area contributed by atoms with Crippen molar-refractivity contribution in [3.05, 3.63) is 52.8 Å². The maximum Gasteiger partial charge on any atom is 0.370 e. The Balaban J connectivity index is 1.74. The standard InChI is InChI=1S/C28H38ClFN4O6/c1-5-7-27(35)40-32(2)34(28(36)21-16-22(29)23(31)17-25(21)37-3)24-12-14-33(18-26(24)38-4)13-6-15-39-20-10-8-19(30)9-11-20/h8-11,16-17,24,26H,5-7,12-15,18,31H2,1-4H3/p+1/t24-,26+/m1/s1. The van der Waals surface area contributed by atoms with E-state index in [9.17, 15) is 14.0 Å². The number of piperidine rings is 1. The molecule has 220 valence electrons. The normalized spacial score (nSPS) is 18.1. The minimum Gasteiger partial charge on any atom is -0.496 e. The van der Waals surface area contributed by atoms with Gasteiger partial charge in [-0.25, -0.2) is 9.18 Å². The van der Waals surface area contributed by atoms with Crippen LogP contribution in [-0.4, -0.2) is 81.4 Å². The van der Waals surface area contributed by atoms with Crippen LogP contribution in [0.4, 0.5) is 10.1 Å². The van der Waals surface area contributed by atoms with E-state index >= 15 is 0 Å². The van der Waals surface area contributed by atoms with Gasteiger partial charge in [-0.05, 0) is 54.8 Å². The Bertz CT molecular complexity index is 1140. The van der Waals surface area contributed by atoms with Crippen LogP contribution in [-0.2, 0) is 14.4 Å². The first-order valence-electron chi connectivity index (χ1n) is 13.3. The van der Waals surface area contributed by atoms with E-state index in [2.05, 4.69) is 4.90 Å². The molecule has 3 atom stereocenters. The first-order valence-corrected chi connectivity index (χ1v) is 13.7. The highest BCUT2D eigenvalue weighted by Crippen LogP contribution is 2.30. The number of likely N-dealkylation sites (tertiary alicyclic amines) is 1. The summed E-state index contributed by atoms with van der Waals surface area (Å²) in [6, 6.07) is 8.47. The Morgan fingerprint density at radius 2 is 1.95 bits per heavy atom. The summed E-state index contributed by atoms with van der Waals surface area (Å²) in [6.45, 7) is 4.34. The van der Waals surface area contributed by atoms with Gasteiger partial charge in [0.1, 0.15) is 30.4 Å². The minimum absolute atomic E-state index is 0.159. The number of nitrogen functional groups attached to an aromatic ring is 1. The Kier molecular flexibility index (Phi) is 11.8. The van der Waals surface area contributed by atoms with Crippen molar-refractivity contribution in [1.82, 2.24) is 9.91 Å². The first kappa shape index (κ1) is 31.4. The van der Waals surface area contributed by atoms with Gasteiger partial charge in [-0.1, -0.05) is 18.5 Å². The largest absolute Gasteiger partial charge is 0.496 e. The second kappa shape index (κ2) is 15.0. The number of carbonyl (C=O) groups is 2. The second-order valence-corrected chi connectivity index (χ2v) is 9.99. The zero-order valence-corrected chi connectivity index (χ0v) is 24.2. The van der Waals surface area contributed by atoms with E-state index in [0.717, 1.165) is 13.0 Å². The highest BCUT2D eigenvalue weighted by molar-refractivity contribution is 6.33.